The molecule has 3 rings (SSSR count). The number of amides is 1. The summed E-state index contributed by atoms with van der Waals surface area (Å²) in [4.78, 5) is 17.5. The molecule has 2 fully saturated rings. The van der Waals surface area contributed by atoms with Crippen molar-refractivity contribution >= 4 is 30.7 Å². The van der Waals surface area contributed by atoms with Crippen LogP contribution in [-0.4, -0.2) is 47.9 Å². The van der Waals surface area contributed by atoms with Gasteiger partial charge in [0.05, 0.1) is 0 Å². The van der Waals surface area contributed by atoms with Gasteiger partial charge in [0.15, 0.2) is 0 Å². The third kappa shape index (κ3) is 5.33. The highest BCUT2D eigenvalue weighted by molar-refractivity contribution is 5.85. The smallest absolute Gasteiger partial charge is 0.226 e. The van der Waals surface area contributed by atoms with Crippen molar-refractivity contribution in [3.63, 3.8) is 0 Å². The monoisotopic (exact) mass is 387 g/mol. The predicted molar refractivity (Wildman–Crippen MR) is 107 cm³/mol. The molecule has 1 aliphatic heterocycles. The van der Waals surface area contributed by atoms with Crippen LogP contribution < -0.4 is 5.73 Å². The summed E-state index contributed by atoms with van der Waals surface area (Å²) in [6, 6.07) is 10.9. The highest BCUT2D eigenvalue weighted by atomic mass is 35.5. The normalized spacial score (nSPS) is 26.6. The van der Waals surface area contributed by atoms with Gasteiger partial charge in [0.1, 0.15) is 0 Å². The van der Waals surface area contributed by atoms with Crippen molar-refractivity contribution in [3.05, 3.63) is 35.9 Å². The summed E-state index contributed by atoms with van der Waals surface area (Å²) in [7, 11) is 0. The Morgan fingerprint density at radius 1 is 1.16 bits per heavy atom. The van der Waals surface area contributed by atoms with Crippen molar-refractivity contribution < 1.29 is 4.79 Å². The molecule has 0 spiro atoms. The quantitative estimate of drug-likeness (QED) is 0.863. The van der Waals surface area contributed by atoms with Crippen LogP contribution in [0.2, 0.25) is 0 Å². The zero-order valence-electron chi connectivity index (χ0n) is 15.0. The molecule has 0 unspecified atom stereocenters. The van der Waals surface area contributed by atoms with Crippen LogP contribution in [0, 0.1) is 11.8 Å². The second-order valence-electron chi connectivity index (χ2n) is 7.13. The average Bonchev–Trinajstić information content (AvgIpc) is 3.04. The standard InChI is InChI=1S/C19H29N3O.2ClH/c1-15-13-21(14-16-6-3-2-4-7-16)10-11-22(15)19(23)18-9-5-8-17(18)12-20;;/h2-4,6-7,15,17-18H,5,8-14,20H2,1H3;2*1H/t15-,17-,18-;;/m1../s1. The Labute approximate surface area is 163 Å². The predicted octanol–water partition coefficient (Wildman–Crippen LogP) is 2.94. The molecule has 1 heterocycles. The number of hydrogen-bond acceptors (Lipinski definition) is 3. The molecule has 6 heteroatoms. The minimum Gasteiger partial charge on any atom is -0.337 e. The molecule has 4 nitrogen and oxygen atoms in total. The van der Waals surface area contributed by atoms with E-state index in [0.29, 0.717) is 24.4 Å². The molecule has 1 saturated heterocycles. The molecular formula is C19H31Cl2N3O. The van der Waals surface area contributed by atoms with Crippen LogP contribution in [0.15, 0.2) is 30.3 Å². The topological polar surface area (TPSA) is 49.6 Å². The highest BCUT2D eigenvalue weighted by Gasteiger charge is 2.37. The summed E-state index contributed by atoms with van der Waals surface area (Å²) in [5, 5.41) is 0. The van der Waals surface area contributed by atoms with E-state index in [9.17, 15) is 4.79 Å². The van der Waals surface area contributed by atoms with Gasteiger partial charge in [-0.1, -0.05) is 36.8 Å². The second kappa shape index (κ2) is 10.4. The number of carbonyl (C=O) groups is 1. The summed E-state index contributed by atoms with van der Waals surface area (Å²) < 4.78 is 0. The number of nitrogens with two attached hydrogens (primary N) is 1. The molecule has 1 aromatic rings. The molecule has 1 aromatic carbocycles. The fourth-order valence-electron chi connectivity index (χ4n) is 4.20. The Morgan fingerprint density at radius 2 is 1.88 bits per heavy atom. The van der Waals surface area contributed by atoms with Crippen molar-refractivity contribution in [3.8, 4) is 0 Å². The molecule has 0 aromatic heterocycles. The van der Waals surface area contributed by atoms with E-state index < -0.39 is 0 Å². The lowest BCUT2D eigenvalue weighted by Crippen LogP contribution is -2.55. The van der Waals surface area contributed by atoms with Crippen molar-refractivity contribution in [1.29, 1.82) is 0 Å². The maximum atomic E-state index is 12.9. The van der Waals surface area contributed by atoms with Gasteiger partial charge in [-0.25, -0.2) is 0 Å². The Balaban J connectivity index is 0.00000156. The fourth-order valence-corrected chi connectivity index (χ4v) is 4.20. The lowest BCUT2D eigenvalue weighted by Gasteiger charge is -2.41. The maximum Gasteiger partial charge on any atom is 0.226 e. The summed E-state index contributed by atoms with van der Waals surface area (Å²) >= 11 is 0. The van der Waals surface area contributed by atoms with Crippen molar-refractivity contribution in [1.82, 2.24) is 9.80 Å². The molecule has 0 bridgehead atoms. The SMILES string of the molecule is C[C@@H]1CN(Cc2ccccc2)CCN1C(=O)[C@@H]1CCC[C@@H]1CN.Cl.Cl. The zero-order chi connectivity index (χ0) is 16.2. The van der Waals surface area contributed by atoms with E-state index in [1.807, 2.05) is 0 Å². The number of nitrogens with zero attached hydrogens (tertiary/aromatic N) is 2. The van der Waals surface area contributed by atoms with E-state index >= 15 is 0 Å². The largest absolute Gasteiger partial charge is 0.337 e. The van der Waals surface area contributed by atoms with Gasteiger partial charge in [-0.3, -0.25) is 9.69 Å². The van der Waals surface area contributed by atoms with Crippen LogP contribution in [0.3, 0.4) is 0 Å². The third-order valence-corrected chi connectivity index (χ3v) is 5.52. The first kappa shape index (κ1) is 22.2. The Morgan fingerprint density at radius 3 is 2.52 bits per heavy atom. The lowest BCUT2D eigenvalue weighted by atomic mass is 9.93. The Bertz CT molecular complexity index is 529. The van der Waals surface area contributed by atoms with Gasteiger partial charge in [-0.15, -0.1) is 24.8 Å². The van der Waals surface area contributed by atoms with Gasteiger partial charge in [0, 0.05) is 38.1 Å². The van der Waals surface area contributed by atoms with E-state index in [0.717, 1.165) is 45.4 Å². The summed E-state index contributed by atoms with van der Waals surface area (Å²) in [6.07, 6.45) is 3.30. The first-order chi connectivity index (χ1) is 11.2. The highest BCUT2D eigenvalue weighted by Crippen LogP contribution is 2.33. The van der Waals surface area contributed by atoms with Crippen LogP contribution in [-0.2, 0) is 11.3 Å². The average molecular weight is 388 g/mol. The van der Waals surface area contributed by atoms with Gasteiger partial charge >= 0.3 is 0 Å². The Hall–Kier alpha value is -0.810. The molecular weight excluding hydrogens is 357 g/mol. The first-order valence-electron chi connectivity index (χ1n) is 8.96. The minimum absolute atomic E-state index is 0. The van der Waals surface area contributed by atoms with E-state index in [1.54, 1.807) is 0 Å². The fraction of sp³-hybridized carbons (Fsp3) is 0.632. The van der Waals surface area contributed by atoms with Crippen molar-refractivity contribution in [2.75, 3.05) is 26.2 Å². The second-order valence-corrected chi connectivity index (χ2v) is 7.13. The van der Waals surface area contributed by atoms with E-state index in [2.05, 4.69) is 47.1 Å². The zero-order valence-corrected chi connectivity index (χ0v) is 16.6. The third-order valence-electron chi connectivity index (χ3n) is 5.52. The summed E-state index contributed by atoms with van der Waals surface area (Å²) in [6.45, 7) is 6.58. The molecule has 1 amide bonds. The number of hydrogen-bond donors (Lipinski definition) is 1. The number of benzene rings is 1. The van der Waals surface area contributed by atoms with Crippen LogP contribution in [0.25, 0.3) is 0 Å². The van der Waals surface area contributed by atoms with E-state index in [-0.39, 0.29) is 30.7 Å². The van der Waals surface area contributed by atoms with Crippen molar-refractivity contribution in [2.45, 2.75) is 38.8 Å². The van der Waals surface area contributed by atoms with E-state index in [1.165, 1.54) is 5.56 Å². The molecule has 2 aliphatic rings. The maximum absolute atomic E-state index is 12.9. The lowest BCUT2D eigenvalue weighted by molar-refractivity contribution is -0.141. The van der Waals surface area contributed by atoms with Gasteiger partial charge in [0.2, 0.25) is 5.91 Å². The molecule has 25 heavy (non-hydrogen) atoms. The number of rotatable bonds is 4. The van der Waals surface area contributed by atoms with Gasteiger partial charge in [-0.05, 0) is 37.8 Å². The summed E-state index contributed by atoms with van der Waals surface area (Å²) in [5.74, 6) is 0.921. The molecule has 1 saturated carbocycles. The van der Waals surface area contributed by atoms with Gasteiger partial charge in [0.25, 0.3) is 0 Å². The molecule has 3 atom stereocenters. The minimum atomic E-state index is 0. The van der Waals surface area contributed by atoms with Crippen molar-refractivity contribution in [2.24, 2.45) is 17.6 Å². The van der Waals surface area contributed by atoms with Crippen LogP contribution in [0.1, 0.15) is 31.7 Å². The molecule has 1 aliphatic carbocycles. The number of halogens is 2. The Kier molecular flexibility index (Phi) is 9.22. The molecule has 0 radical (unpaired) electrons. The van der Waals surface area contributed by atoms with Gasteiger partial charge in [-0.2, -0.15) is 0 Å². The molecule has 2 N–H and O–H groups in total. The first-order valence-corrected chi connectivity index (χ1v) is 8.96. The number of carbonyl (C=O) groups excluding carboxylic acids is 1. The van der Waals surface area contributed by atoms with Gasteiger partial charge < -0.3 is 10.6 Å². The van der Waals surface area contributed by atoms with Crippen LogP contribution in [0.5, 0.6) is 0 Å². The van der Waals surface area contributed by atoms with Crippen LogP contribution >= 0.6 is 24.8 Å². The molecule has 142 valence electrons. The number of piperazine rings is 1. The van der Waals surface area contributed by atoms with Crippen LogP contribution in [0.4, 0.5) is 0 Å². The van der Waals surface area contributed by atoms with E-state index in [4.69, 9.17) is 5.73 Å². The summed E-state index contributed by atoms with van der Waals surface area (Å²) in [5.41, 5.74) is 7.20.